The van der Waals surface area contributed by atoms with Crippen molar-refractivity contribution in [1.82, 2.24) is 0 Å². The SMILES string of the molecule is OC1(Sc2ccccc2)CC=CC=CC1. The zero-order chi connectivity index (χ0) is 10.6. The summed E-state index contributed by atoms with van der Waals surface area (Å²) in [5.41, 5.74) is 0. The molecule has 0 radical (unpaired) electrons. The Labute approximate surface area is 94.5 Å². The van der Waals surface area contributed by atoms with Crippen LogP contribution in [0, 0.1) is 0 Å². The van der Waals surface area contributed by atoms with Crippen molar-refractivity contribution in [2.45, 2.75) is 22.7 Å². The van der Waals surface area contributed by atoms with E-state index in [1.807, 2.05) is 54.6 Å². The van der Waals surface area contributed by atoms with E-state index in [1.54, 1.807) is 0 Å². The first kappa shape index (κ1) is 10.5. The summed E-state index contributed by atoms with van der Waals surface area (Å²) < 4.78 is 0. The second-order valence-electron chi connectivity index (χ2n) is 3.63. The molecule has 0 amide bonds. The van der Waals surface area contributed by atoms with E-state index in [-0.39, 0.29) is 0 Å². The van der Waals surface area contributed by atoms with Crippen LogP contribution < -0.4 is 0 Å². The van der Waals surface area contributed by atoms with Gasteiger partial charge in [-0.15, -0.1) is 0 Å². The molecule has 1 nitrogen and oxygen atoms in total. The van der Waals surface area contributed by atoms with Gasteiger partial charge in [0.15, 0.2) is 0 Å². The van der Waals surface area contributed by atoms with E-state index in [4.69, 9.17) is 0 Å². The van der Waals surface area contributed by atoms with Gasteiger partial charge >= 0.3 is 0 Å². The van der Waals surface area contributed by atoms with E-state index in [2.05, 4.69) is 0 Å². The third kappa shape index (κ3) is 2.98. The Kier molecular flexibility index (Phi) is 3.29. The van der Waals surface area contributed by atoms with E-state index in [0.717, 1.165) is 4.90 Å². The lowest BCUT2D eigenvalue weighted by Crippen LogP contribution is -2.21. The van der Waals surface area contributed by atoms with Gasteiger partial charge in [-0.1, -0.05) is 54.3 Å². The summed E-state index contributed by atoms with van der Waals surface area (Å²) in [6.45, 7) is 0. The maximum absolute atomic E-state index is 10.4. The molecule has 0 saturated carbocycles. The van der Waals surface area contributed by atoms with Crippen LogP contribution >= 0.6 is 11.8 Å². The maximum Gasteiger partial charge on any atom is 0.121 e. The van der Waals surface area contributed by atoms with Crippen LogP contribution in [0.1, 0.15) is 12.8 Å². The van der Waals surface area contributed by atoms with Crippen LogP contribution in [0.2, 0.25) is 0 Å². The Bertz CT molecular complexity index is 353. The largest absolute Gasteiger partial charge is 0.378 e. The number of hydrogen-bond acceptors (Lipinski definition) is 2. The Morgan fingerprint density at radius 2 is 1.60 bits per heavy atom. The average molecular weight is 218 g/mol. The Morgan fingerprint density at radius 1 is 1.00 bits per heavy atom. The molecule has 1 N–H and O–H groups in total. The van der Waals surface area contributed by atoms with E-state index in [9.17, 15) is 5.11 Å². The van der Waals surface area contributed by atoms with Crippen molar-refractivity contribution < 1.29 is 5.11 Å². The Balaban J connectivity index is 2.10. The van der Waals surface area contributed by atoms with Gasteiger partial charge in [-0.05, 0) is 12.1 Å². The fraction of sp³-hybridized carbons (Fsp3) is 0.231. The summed E-state index contributed by atoms with van der Waals surface area (Å²) >= 11 is 1.53. The quantitative estimate of drug-likeness (QED) is 0.768. The minimum Gasteiger partial charge on any atom is -0.378 e. The number of allylic oxidation sites excluding steroid dienone is 2. The van der Waals surface area contributed by atoms with Crippen molar-refractivity contribution in [2.75, 3.05) is 0 Å². The molecule has 1 aliphatic carbocycles. The van der Waals surface area contributed by atoms with Crippen LogP contribution in [0.15, 0.2) is 59.5 Å². The molecule has 1 aromatic carbocycles. The highest BCUT2D eigenvalue weighted by molar-refractivity contribution is 8.00. The zero-order valence-electron chi connectivity index (χ0n) is 8.47. The molecule has 0 aliphatic heterocycles. The summed E-state index contributed by atoms with van der Waals surface area (Å²) in [4.78, 5) is 0.425. The summed E-state index contributed by atoms with van der Waals surface area (Å²) in [5.74, 6) is 0. The molecule has 0 atom stereocenters. The molecule has 0 saturated heterocycles. The van der Waals surface area contributed by atoms with Crippen LogP contribution in [0.5, 0.6) is 0 Å². The third-order valence-corrected chi connectivity index (χ3v) is 3.53. The lowest BCUT2D eigenvalue weighted by molar-refractivity contribution is 0.144. The first-order valence-corrected chi connectivity index (χ1v) is 5.88. The van der Waals surface area contributed by atoms with Gasteiger partial charge in [-0.25, -0.2) is 0 Å². The van der Waals surface area contributed by atoms with E-state index >= 15 is 0 Å². The van der Waals surface area contributed by atoms with Gasteiger partial charge in [-0.2, -0.15) is 0 Å². The molecule has 0 aromatic heterocycles. The highest BCUT2D eigenvalue weighted by atomic mass is 32.2. The van der Waals surface area contributed by atoms with Gasteiger partial charge in [0.05, 0.1) is 0 Å². The minimum absolute atomic E-state index is 0.690. The predicted octanol–water partition coefficient (Wildman–Crippen LogP) is 3.37. The third-order valence-electron chi connectivity index (χ3n) is 2.31. The lowest BCUT2D eigenvalue weighted by Gasteiger charge is -2.24. The summed E-state index contributed by atoms with van der Waals surface area (Å²) in [6.07, 6.45) is 9.39. The van der Waals surface area contributed by atoms with Gasteiger partial charge in [-0.3, -0.25) is 0 Å². The van der Waals surface area contributed by atoms with Crippen LogP contribution in [-0.2, 0) is 0 Å². The van der Waals surface area contributed by atoms with Gasteiger partial charge in [0.2, 0.25) is 0 Å². The van der Waals surface area contributed by atoms with Crippen molar-refractivity contribution in [3.8, 4) is 0 Å². The number of hydrogen-bond donors (Lipinski definition) is 1. The number of thioether (sulfide) groups is 1. The predicted molar refractivity (Wildman–Crippen MR) is 64.8 cm³/mol. The van der Waals surface area contributed by atoms with E-state index < -0.39 is 4.93 Å². The topological polar surface area (TPSA) is 20.2 Å². The summed E-state index contributed by atoms with van der Waals surface area (Å²) in [6, 6.07) is 10.0. The molecule has 15 heavy (non-hydrogen) atoms. The molecule has 2 heteroatoms. The molecule has 0 unspecified atom stereocenters. The molecular weight excluding hydrogens is 204 g/mol. The second-order valence-corrected chi connectivity index (χ2v) is 5.06. The summed E-state index contributed by atoms with van der Waals surface area (Å²) in [7, 11) is 0. The first-order valence-electron chi connectivity index (χ1n) is 5.07. The number of aliphatic hydroxyl groups is 1. The Hall–Kier alpha value is -0.990. The standard InChI is InChI=1S/C13H14OS/c14-13(10-6-1-2-7-11-13)15-12-8-4-3-5-9-12/h1-9,14H,10-11H2. The molecule has 0 spiro atoms. The molecule has 2 rings (SSSR count). The van der Waals surface area contributed by atoms with Gasteiger partial charge in [0.1, 0.15) is 4.93 Å². The van der Waals surface area contributed by atoms with Crippen molar-refractivity contribution >= 4 is 11.8 Å². The molecule has 0 heterocycles. The molecule has 78 valence electrons. The van der Waals surface area contributed by atoms with Crippen LogP contribution in [0.25, 0.3) is 0 Å². The maximum atomic E-state index is 10.4. The number of benzene rings is 1. The van der Waals surface area contributed by atoms with Crippen molar-refractivity contribution in [2.24, 2.45) is 0 Å². The molecule has 0 fully saturated rings. The first-order chi connectivity index (χ1) is 7.29. The van der Waals surface area contributed by atoms with E-state index in [1.165, 1.54) is 11.8 Å². The van der Waals surface area contributed by atoms with Gasteiger partial charge < -0.3 is 5.11 Å². The summed E-state index contributed by atoms with van der Waals surface area (Å²) in [5, 5.41) is 10.4. The van der Waals surface area contributed by atoms with Crippen LogP contribution in [0.4, 0.5) is 0 Å². The molecule has 1 aliphatic rings. The van der Waals surface area contributed by atoms with Crippen LogP contribution in [-0.4, -0.2) is 10.0 Å². The average Bonchev–Trinajstić information content (AvgIpc) is 2.45. The number of rotatable bonds is 2. The van der Waals surface area contributed by atoms with Crippen molar-refractivity contribution in [1.29, 1.82) is 0 Å². The second kappa shape index (κ2) is 4.69. The van der Waals surface area contributed by atoms with Gasteiger partial charge in [0, 0.05) is 17.7 Å². The Morgan fingerprint density at radius 3 is 2.20 bits per heavy atom. The van der Waals surface area contributed by atoms with Crippen molar-refractivity contribution in [3.63, 3.8) is 0 Å². The molecule has 1 aromatic rings. The highest BCUT2D eigenvalue weighted by Crippen LogP contribution is 2.37. The van der Waals surface area contributed by atoms with E-state index in [0.29, 0.717) is 12.8 Å². The minimum atomic E-state index is -0.690. The van der Waals surface area contributed by atoms with Gasteiger partial charge in [0.25, 0.3) is 0 Å². The van der Waals surface area contributed by atoms with Crippen LogP contribution in [0.3, 0.4) is 0 Å². The molecular formula is C13H14OS. The zero-order valence-corrected chi connectivity index (χ0v) is 9.28. The monoisotopic (exact) mass is 218 g/mol. The lowest BCUT2D eigenvalue weighted by atomic mass is 10.2. The smallest absolute Gasteiger partial charge is 0.121 e. The molecule has 0 bridgehead atoms. The fourth-order valence-electron chi connectivity index (χ4n) is 1.54. The van der Waals surface area contributed by atoms with Crippen molar-refractivity contribution in [3.05, 3.63) is 54.6 Å². The highest BCUT2D eigenvalue weighted by Gasteiger charge is 2.25. The fourth-order valence-corrected chi connectivity index (χ4v) is 2.63. The normalized spacial score (nSPS) is 18.7.